The van der Waals surface area contributed by atoms with Gasteiger partial charge in [-0.1, -0.05) is 27.7 Å². The molecule has 120 valence electrons. The lowest BCUT2D eigenvalue weighted by Gasteiger charge is -2.19. The summed E-state index contributed by atoms with van der Waals surface area (Å²) in [5.41, 5.74) is 1.42. The van der Waals surface area contributed by atoms with Crippen molar-refractivity contribution in [2.24, 2.45) is 0 Å². The molecule has 1 N–H and O–H groups in total. The third-order valence-corrected chi connectivity index (χ3v) is 5.27. The number of likely N-dealkylation sites (tertiary alicyclic amines) is 1. The SMILES string of the molecule is CCC(C)NCc1sc(CN2CCCC2)nc1C(C)(C)C. The van der Waals surface area contributed by atoms with Gasteiger partial charge in [0.05, 0.1) is 12.2 Å². The second-order valence-corrected chi connectivity index (χ2v) is 8.47. The largest absolute Gasteiger partial charge is 0.309 e. The molecule has 1 aromatic heterocycles. The van der Waals surface area contributed by atoms with Crippen molar-refractivity contribution in [1.29, 1.82) is 0 Å². The molecular weight excluding hydrogens is 278 g/mol. The lowest BCUT2D eigenvalue weighted by molar-refractivity contribution is 0.330. The van der Waals surface area contributed by atoms with Crippen LogP contribution in [0, 0.1) is 0 Å². The Morgan fingerprint density at radius 2 is 1.95 bits per heavy atom. The zero-order chi connectivity index (χ0) is 15.5. The smallest absolute Gasteiger partial charge is 0.107 e. The fraction of sp³-hybridized carbons (Fsp3) is 0.824. The number of hydrogen-bond acceptors (Lipinski definition) is 4. The summed E-state index contributed by atoms with van der Waals surface area (Å²) in [7, 11) is 0. The second-order valence-electron chi connectivity index (χ2n) is 7.30. The first-order valence-corrected chi connectivity index (χ1v) is 9.16. The maximum absolute atomic E-state index is 4.99. The third kappa shape index (κ3) is 4.76. The number of hydrogen-bond donors (Lipinski definition) is 1. The highest BCUT2D eigenvalue weighted by atomic mass is 32.1. The van der Waals surface area contributed by atoms with E-state index in [4.69, 9.17) is 4.98 Å². The van der Waals surface area contributed by atoms with E-state index in [1.807, 2.05) is 11.3 Å². The zero-order valence-electron chi connectivity index (χ0n) is 14.3. The molecule has 1 fully saturated rings. The number of rotatable bonds is 6. The monoisotopic (exact) mass is 309 g/mol. The van der Waals surface area contributed by atoms with Crippen LogP contribution in [0.5, 0.6) is 0 Å². The van der Waals surface area contributed by atoms with Crippen molar-refractivity contribution in [1.82, 2.24) is 15.2 Å². The summed E-state index contributed by atoms with van der Waals surface area (Å²) < 4.78 is 0. The van der Waals surface area contributed by atoms with E-state index in [0.29, 0.717) is 6.04 Å². The van der Waals surface area contributed by atoms with Gasteiger partial charge in [0.25, 0.3) is 0 Å². The van der Waals surface area contributed by atoms with Crippen LogP contribution in [0.4, 0.5) is 0 Å². The van der Waals surface area contributed by atoms with Gasteiger partial charge >= 0.3 is 0 Å². The molecule has 0 amide bonds. The minimum Gasteiger partial charge on any atom is -0.309 e. The molecular formula is C17H31N3S. The number of thiazole rings is 1. The highest BCUT2D eigenvalue weighted by molar-refractivity contribution is 7.11. The molecule has 21 heavy (non-hydrogen) atoms. The van der Waals surface area contributed by atoms with Crippen LogP contribution in [0.15, 0.2) is 0 Å². The molecule has 0 saturated carbocycles. The second kappa shape index (κ2) is 7.21. The van der Waals surface area contributed by atoms with Crippen LogP contribution >= 0.6 is 11.3 Å². The average molecular weight is 310 g/mol. The van der Waals surface area contributed by atoms with E-state index >= 15 is 0 Å². The van der Waals surface area contributed by atoms with Crippen molar-refractivity contribution in [3.05, 3.63) is 15.6 Å². The van der Waals surface area contributed by atoms with E-state index in [1.54, 1.807) is 0 Å². The maximum atomic E-state index is 4.99. The molecule has 1 aromatic rings. The maximum Gasteiger partial charge on any atom is 0.107 e. The van der Waals surface area contributed by atoms with Crippen molar-refractivity contribution in [2.75, 3.05) is 13.1 Å². The molecule has 2 heterocycles. The Kier molecular flexibility index (Phi) is 5.81. The van der Waals surface area contributed by atoms with Gasteiger partial charge in [0.2, 0.25) is 0 Å². The van der Waals surface area contributed by atoms with E-state index in [-0.39, 0.29) is 5.41 Å². The lowest BCUT2D eigenvalue weighted by Crippen LogP contribution is -2.25. The molecule has 2 rings (SSSR count). The Morgan fingerprint density at radius 3 is 2.52 bits per heavy atom. The molecule has 1 saturated heterocycles. The van der Waals surface area contributed by atoms with Crippen LogP contribution in [0.1, 0.15) is 69.5 Å². The topological polar surface area (TPSA) is 28.2 Å². The van der Waals surface area contributed by atoms with E-state index in [0.717, 1.165) is 13.1 Å². The summed E-state index contributed by atoms with van der Waals surface area (Å²) in [4.78, 5) is 8.95. The normalized spacial score (nSPS) is 18.3. The molecule has 0 radical (unpaired) electrons. The summed E-state index contributed by atoms with van der Waals surface area (Å²) in [5, 5.41) is 4.92. The number of nitrogens with one attached hydrogen (secondary N) is 1. The molecule has 1 atom stereocenters. The van der Waals surface area contributed by atoms with Gasteiger partial charge in [0.15, 0.2) is 0 Å². The molecule has 4 heteroatoms. The molecule has 0 aromatic carbocycles. The van der Waals surface area contributed by atoms with Crippen molar-refractivity contribution in [3.8, 4) is 0 Å². The minimum atomic E-state index is 0.131. The highest BCUT2D eigenvalue weighted by Gasteiger charge is 2.24. The zero-order valence-corrected chi connectivity index (χ0v) is 15.1. The van der Waals surface area contributed by atoms with Gasteiger partial charge in [0, 0.05) is 22.9 Å². The first-order valence-electron chi connectivity index (χ1n) is 8.35. The predicted octanol–water partition coefficient (Wildman–Crippen LogP) is 3.92. The predicted molar refractivity (Wildman–Crippen MR) is 91.9 cm³/mol. The molecule has 0 bridgehead atoms. The quantitative estimate of drug-likeness (QED) is 0.863. The van der Waals surface area contributed by atoms with Gasteiger partial charge in [-0.25, -0.2) is 4.98 Å². The molecule has 3 nitrogen and oxygen atoms in total. The van der Waals surface area contributed by atoms with Crippen LogP contribution in [-0.2, 0) is 18.5 Å². The Morgan fingerprint density at radius 1 is 1.29 bits per heavy atom. The van der Waals surface area contributed by atoms with Crippen LogP contribution in [0.2, 0.25) is 0 Å². The van der Waals surface area contributed by atoms with E-state index in [1.165, 1.54) is 47.9 Å². The van der Waals surface area contributed by atoms with Crippen LogP contribution in [0.3, 0.4) is 0 Å². The Bertz CT molecular complexity index is 441. The standard InChI is InChI=1S/C17H31N3S/c1-6-13(2)18-11-14-16(17(3,4)5)19-15(21-14)12-20-9-7-8-10-20/h13,18H,6-12H2,1-5H3. The summed E-state index contributed by atoms with van der Waals surface area (Å²) in [6.45, 7) is 15.8. The van der Waals surface area contributed by atoms with Crippen LogP contribution in [-0.4, -0.2) is 29.0 Å². The molecule has 1 aliphatic rings. The molecule has 0 aliphatic carbocycles. The average Bonchev–Trinajstić information content (AvgIpc) is 3.05. The first kappa shape index (κ1) is 16.9. The van der Waals surface area contributed by atoms with Gasteiger partial charge in [-0.2, -0.15) is 0 Å². The van der Waals surface area contributed by atoms with Crippen molar-refractivity contribution in [3.63, 3.8) is 0 Å². The number of aromatic nitrogens is 1. The van der Waals surface area contributed by atoms with Gasteiger partial charge in [-0.15, -0.1) is 11.3 Å². The van der Waals surface area contributed by atoms with Crippen molar-refractivity contribution in [2.45, 2.75) is 78.4 Å². The van der Waals surface area contributed by atoms with Crippen molar-refractivity contribution >= 4 is 11.3 Å². The number of nitrogens with zero attached hydrogens (tertiary/aromatic N) is 2. The van der Waals surface area contributed by atoms with Gasteiger partial charge in [-0.3, -0.25) is 4.90 Å². The summed E-state index contributed by atoms with van der Waals surface area (Å²) in [6.07, 6.45) is 3.87. The summed E-state index contributed by atoms with van der Waals surface area (Å²) >= 11 is 1.91. The van der Waals surface area contributed by atoms with E-state index in [9.17, 15) is 0 Å². The Hall–Kier alpha value is -0.450. The van der Waals surface area contributed by atoms with Crippen LogP contribution < -0.4 is 5.32 Å². The Labute approximate surface area is 134 Å². The van der Waals surface area contributed by atoms with Gasteiger partial charge < -0.3 is 5.32 Å². The van der Waals surface area contributed by atoms with Gasteiger partial charge in [-0.05, 0) is 39.3 Å². The lowest BCUT2D eigenvalue weighted by atomic mass is 9.91. The summed E-state index contributed by atoms with van der Waals surface area (Å²) in [5.74, 6) is 0. The molecule has 0 spiro atoms. The summed E-state index contributed by atoms with van der Waals surface area (Å²) in [6, 6.07) is 0.571. The fourth-order valence-corrected chi connectivity index (χ4v) is 3.99. The minimum absolute atomic E-state index is 0.131. The van der Waals surface area contributed by atoms with Gasteiger partial charge in [0.1, 0.15) is 5.01 Å². The van der Waals surface area contributed by atoms with E-state index < -0.39 is 0 Å². The Balaban J connectivity index is 2.10. The van der Waals surface area contributed by atoms with E-state index in [2.05, 4.69) is 44.8 Å². The highest BCUT2D eigenvalue weighted by Crippen LogP contribution is 2.30. The fourth-order valence-electron chi connectivity index (χ4n) is 2.72. The third-order valence-electron chi connectivity index (χ3n) is 4.23. The van der Waals surface area contributed by atoms with Crippen molar-refractivity contribution < 1.29 is 0 Å². The first-order chi connectivity index (χ1) is 9.90. The van der Waals surface area contributed by atoms with Crippen LogP contribution in [0.25, 0.3) is 0 Å². The molecule has 1 aliphatic heterocycles. The molecule has 1 unspecified atom stereocenters.